The second kappa shape index (κ2) is 8.87. The average molecular weight is 341 g/mol. The minimum atomic E-state index is -0.641. The maximum Gasteiger partial charge on any atom is 0.338 e. The summed E-state index contributed by atoms with van der Waals surface area (Å²) in [4.78, 5) is 23.9. The first-order chi connectivity index (χ1) is 12.0. The van der Waals surface area contributed by atoms with E-state index in [1.807, 2.05) is 31.2 Å². The van der Waals surface area contributed by atoms with Crippen molar-refractivity contribution in [1.82, 2.24) is 0 Å². The van der Waals surface area contributed by atoms with Crippen molar-refractivity contribution in [2.24, 2.45) is 0 Å². The summed E-state index contributed by atoms with van der Waals surface area (Å²) < 4.78 is 10.7. The molecule has 25 heavy (non-hydrogen) atoms. The van der Waals surface area contributed by atoms with Gasteiger partial charge in [0, 0.05) is 5.69 Å². The molecule has 5 heteroatoms. The van der Waals surface area contributed by atoms with Crippen LogP contribution in [0.15, 0.2) is 48.5 Å². The van der Waals surface area contributed by atoms with Gasteiger partial charge < -0.3 is 14.8 Å². The van der Waals surface area contributed by atoms with Crippen LogP contribution in [0, 0.1) is 0 Å². The zero-order valence-electron chi connectivity index (χ0n) is 14.7. The van der Waals surface area contributed by atoms with Gasteiger partial charge in [0.15, 0.2) is 6.10 Å². The van der Waals surface area contributed by atoms with E-state index in [9.17, 15) is 9.59 Å². The molecule has 0 aromatic heterocycles. The summed E-state index contributed by atoms with van der Waals surface area (Å²) in [6.07, 6.45) is 0.192. The van der Waals surface area contributed by atoms with Crippen LogP contribution in [-0.4, -0.2) is 24.6 Å². The minimum absolute atomic E-state index is 0.255. The lowest BCUT2D eigenvalue weighted by Crippen LogP contribution is -2.30. The number of nitrogens with one attached hydrogen (secondary N) is 1. The largest absolute Gasteiger partial charge is 0.481 e. The van der Waals surface area contributed by atoms with Gasteiger partial charge in [0.25, 0.3) is 5.91 Å². The monoisotopic (exact) mass is 341 g/mol. The second-order valence-corrected chi connectivity index (χ2v) is 5.51. The third-order valence-electron chi connectivity index (χ3n) is 3.69. The Morgan fingerprint density at radius 1 is 1.04 bits per heavy atom. The Labute approximate surface area is 148 Å². The van der Waals surface area contributed by atoms with Crippen molar-refractivity contribution < 1.29 is 19.1 Å². The molecule has 2 aromatic carbocycles. The Balaban J connectivity index is 1.98. The first kappa shape index (κ1) is 18.5. The summed E-state index contributed by atoms with van der Waals surface area (Å²) in [7, 11) is 0. The Bertz CT molecular complexity index is 725. The number of benzene rings is 2. The maximum atomic E-state index is 12.3. The van der Waals surface area contributed by atoms with Gasteiger partial charge in [-0.05, 0) is 56.2 Å². The first-order valence-electron chi connectivity index (χ1n) is 8.37. The van der Waals surface area contributed by atoms with Gasteiger partial charge in [-0.25, -0.2) is 4.79 Å². The first-order valence-corrected chi connectivity index (χ1v) is 8.37. The van der Waals surface area contributed by atoms with Crippen molar-refractivity contribution >= 4 is 17.6 Å². The Morgan fingerprint density at radius 3 is 2.36 bits per heavy atom. The third-order valence-corrected chi connectivity index (χ3v) is 3.69. The van der Waals surface area contributed by atoms with E-state index in [4.69, 9.17) is 9.47 Å². The van der Waals surface area contributed by atoms with Gasteiger partial charge in [-0.3, -0.25) is 4.79 Å². The lowest BCUT2D eigenvalue weighted by atomic mass is 10.1. The summed E-state index contributed by atoms with van der Waals surface area (Å²) in [5.74, 6) is 0.0772. The highest BCUT2D eigenvalue weighted by Crippen LogP contribution is 2.20. The fraction of sp³-hybridized carbons (Fsp3) is 0.300. The predicted octanol–water partition coefficient (Wildman–Crippen LogP) is 3.83. The number of esters is 1. The molecule has 2 rings (SSSR count). The van der Waals surface area contributed by atoms with E-state index in [-0.39, 0.29) is 11.9 Å². The molecular weight excluding hydrogens is 318 g/mol. The van der Waals surface area contributed by atoms with Crippen LogP contribution in [0.2, 0.25) is 0 Å². The number of ether oxygens (including phenoxy) is 2. The van der Waals surface area contributed by atoms with Crippen molar-refractivity contribution in [2.45, 2.75) is 33.3 Å². The zero-order chi connectivity index (χ0) is 18.2. The van der Waals surface area contributed by atoms with Gasteiger partial charge in [-0.1, -0.05) is 25.1 Å². The van der Waals surface area contributed by atoms with Crippen LogP contribution in [0.25, 0.3) is 0 Å². The number of hydrogen-bond acceptors (Lipinski definition) is 4. The molecule has 0 fully saturated rings. The van der Waals surface area contributed by atoms with Crippen molar-refractivity contribution in [1.29, 1.82) is 0 Å². The predicted molar refractivity (Wildman–Crippen MR) is 96.9 cm³/mol. The smallest absolute Gasteiger partial charge is 0.338 e. The number of para-hydroxylation sites is 1. The Hall–Kier alpha value is -2.82. The standard InChI is InChI=1S/C20H23NO4/c1-4-15-8-6-7-9-18(15)25-14(3)19(22)21-17-12-10-16(11-13-17)20(23)24-5-2/h6-14H,4-5H2,1-3H3,(H,21,22)/t14-/m0/s1. The highest BCUT2D eigenvalue weighted by atomic mass is 16.5. The summed E-state index contributed by atoms with van der Waals surface area (Å²) in [5.41, 5.74) is 2.10. The molecule has 1 atom stereocenters. The molecule has 0 saturated heterocycles. The van der Waals surface area contributed by atoms with Crippen molar-refractivity contribution in [3.8, 4) is 5.75 Å². The summed E-state index contributed by atoms with van der Waals surface area (Å²) in [6.45, 7) is 5.82. The van der Waals surface area contributed by atoms with Crippen molar-refractivity contribution in [3.63, 3.8) is 0 Å². The SMILES string of the molecule is CCOC(=O)c1ccc(NC(=O)[C@H](C)Oc2ccccc2CC)cc1. The molecule has 0 unspecified atom stereocenters. The van der Waals surface area contributed by atoms with Crippen LogP contribution in [0.3, 0.4) is 0 Å². The molecule has 0 bridgehead atoms. The van der Waals surface area contributed by atoms with E-state index in [2.05, 4.69) is 5.32 Å². The molecule has 0 aliphatic heterocycles. The average Bonchev–Trinajstić information content (AvgIpc) is 2.63. The van der Waals surface area contributed by atoms with E-state index < -0.39 is 6.10 Å². The topological polar surface area (TPSA) is 64.6 Å². The number of anilines is 1. The number of carbonyl (C=O) groups excluding carboxylic acids is 2. The normalized spacial score (nSPS) is 11.5. The summed E-state index contributed by atoms with van der Waals surface area (Å²) in [5, 5.41) is 2.78. The highest BCUT2D eigenvalue weighted by molar-refractivity contribution is 5.95. The minimum Gasteiger partial charge on any atom is -0.481 e. The molecule has 5 nitrogen and oxygen atoms in total. The molecule has 1 N–H and O–H groups in total. The Kier molecular flexibility index (Phi) is 6.57. The summed E-state index contributed by atoms with van der Waals surface area (Å²) in [6, 6.07) is 14.2. The fourth-order valence-electron chi connectivity index (χ4n) is 2.30. The van der Waals surface area contributed by atoms with Crippen molar-refractivity contribution in [3.05, 3.63) is 59.7 Å². The van der Waals surface area contributed by atoms with Crippen LogP contribution in [0.4, 0.5) is 5.69 Å². The molecular formula is C20H23NO4. The maximum absolute atomic E-state index is 12.3. The number of hydrogen-bond donors (Lipinski definition) is 1. The molecule has 0 saturated carbocycles. The van der Waals surface area contributed by atoms with Gasteiger partial charge in [0.05, 0.1) is 12.2 Å². The van der Waals surface area contributed by atoms with Gasteiger partial charge in [0.1, 0.15) is 5.75 Å². The van der Waals surface area contributed by atoms with Crippen LogP contribution in [0.5, 0.6) is 5.75 Å². The second-order valence-electron chi connectivity index (χ2n) is 5.51. The van der Waals surface area contributed by atoms with E-state index >= 15 is 0 Å². The Morgan fingerprint density at radius 2 is 1.72 bits per heavy atom. The number of carbonyl (C=O) groups is 2. The van der Waals surface area contributed by atoms with Crippen LogP contribution in [-0.2, 0) is 16.0 Å². The molecule has 2 aromatic rings. The van der Waals surface area contributed by atoms with Gasteiger partial charge in [-0.15, -0.1) is 0 Å². The van der Waals surface area contributed by atoms with Gasteiger partial charge in [-0.2, -0.15) is 0 Å². The molecule has 0 spiro atoms. The molecule has 1 amide bonds. The summed E-state index contributed by atoms with van der Waals surface area (Å²) >= 11 is 0. The van der Waals surface area contributed by atoms with Crippen molar-refractivity contribution in [2.75, 3.05) is 11.9 Å². The van der Waals surface area contributed by atoms with E-state index in [0.29, 0.717) is 23.6 Å². The highest BCUT2D eigenvalue weighted by Gasteiger charge is 2.16. The third kappa shape index (κ3) is 5.08. The van der Waals surface area contributed by atoms with Crippen LogP contribution >= 0.6 is 0 Å². The number of aryl methyl sites for hydroxylation is 1. The fourth-order valence-corrected chi connectivity index (χ4v) is 2.30. The van der Waals surface area contributed by atoms with E-state index in [0.717, 1.165) is 12.0 Å². The molecule has 0 aliphatic carbocycles. The van der Waals surface area contributed by atoms with Crippen LogP contribution in [0.1, 0.15) is 36.7 Å². The zero-order valence-corrected chi connectivity index (χ0v) is 14.7. The van der Waals surface area contributed by atoms with E-state index in [1.165, 1.54) is 0 Å². The quantitative estimate of drug-likeness (QED) is 0.777. The van der Waals surface area contributed by atoms with Gasteiger partial charge in [0.2, 0.25) is 0 Å². The van der Waals surface area contributed by atoms with Crippen LogP contribution < -0.4 is 10.1 Å². The number of amides is 1. The molecule has 0 radical (unpaired) electrons. The lowest BCUT2D eigenvalue weighted by molar-refractivity contribution is -0.122. The lowest BCUT2D eigenvalue weighted by Gasteiger charge is -2.17. The van der Waals surface area contributed by atoms with Gasteiger partial charge >= 0.3 is 5.97 Å². The van der Waals surface area contributed by atoms with E-state index in [1.54, 1.807) is 38.1 Å². The molecule has 0 heterocycles. The molecule has 0 aliphatic rings. The number of rotatable bonds is 7. The molecule has 132 valence electrons.